The Morgan fingerprint density at radius 2 is 2.19 bits per heavy atom. The summed E-state index contributed by atoms with van der Waals surface area (Å²) in [7, 11) is 0. The van der Waals surface area contributed by atoms with Crippen LogP contribution in [0.15, 0.2) is 47.2 Å². The third-order valence-corrected chi connectivity index (χ3v) is 3.79. The van der Waals surface area contributed by atoms with Crippen molar-refractivity contribution in [1.82, 2.24) is 29.9 Å². The minimum absolute atomic E-state index is 0.0473. The maximum absolute atomic E-state index is 12.4. The van der Waals surface area contributed by atoms with Crippen LogP contribution in [0.25, 0.3) is 17.2 Å². The van der Waals surface area contributed by atoms with Gasteiger partial charge in [-0.1, -0.05) is 17.7 Å². The van der Waals surface area contributed by atoms with Crippen LogP contribution in [0.5, 0.6) is 0 Å². The van der Waals surface area contributed by atoms with Gasteiger partial charge in [-0.15, -0.1) is 5.10 Å². The van der Waals surface area contributed by atoms with Crippen molar-refractivity contribution in [3.05, 3.63) is 59.2 Å². The molecule has 0 saturated heterocycles. The standard InChI is InChI=1S/C16H12ClN7O2/c17-12-4-3-9(7-19-12)8-20-15(25)10-6-13-22-14(11-2-1-5-26-11)23-24(13)16(18)21-10/h1-7H,8H2,(H2,18,21)(H,20,25). The first-order chi connectivity index (χ1) is 12.6. The number of hydrogen-bond donors (Lipinski definition) is 2. The van der Waals surface area contributed by atoms with Crippen molar-refractivity contribution in [3.63, 3.8) is 0 Å². The van der Waals surface area contributed by atoms with Crippen LogP contribution >= 0.6 is 11.6 Å². The summed E-state index contributed by atoms with van der Waals surface area (Å²) in [6.07, 6.45) is 3.11. The van der Waals surface area contributed by atoms with Crippen molar-refractivity contribution < 1.29 is 9.21 Å². The fraction of sp³-hybridized carbons (Fsp3) is 0.0625. The van der Waals surface area contributed by atoms with Gasteiger partial charge in [-0.05, 0) is 23.8 Å². The average Bonchev–Trinajstić information content (AvgIpc) is 3.30. The second kappa shape index (κ2) is 6.45. The zero-order valence-electron chi connectivity index (χ0n) is 13.3. The smallest absolute Gasteiger partial charge is 0.270 e. The lowest BCUT2D eigenvalue weighted by Gasteiger charge is -2.06. The quantitative estimate of drug-likeness (QED) is 0.526. The number of nitrogens with zero attached hydrogens (tertiary/aromatic N) is 5. The highest BCUT2D eigenvalue weighted by Crippen LogP contribution is 2.18. The van der Waals surface area contributed by atoms with Crippen molar-refractivity contribution in [2.45, 2.75) is 6.54 Å². The highest BCUT2D eigenvalue weighted by molar-refractivity contribution is 6.29. The molecule has 0 atom stereocenters. The number of aromatic nitrogens is 5. The minimum Gasteiger partial charge on any atom is -0.461 e. The number of halogens is 1. The third kappa shape index (κ3) is 3.07. The van der Waals surface area contributed by atoms with E-state index in [1.54, 1.807) is 30.5 Å². The first-order valence-corrected chi connectivity index (χ1v) is 7.94. The number of amides is 1. The number of nitrogens with one attached hydrogen (secondary N) is 1. The van der Waals surface area contributed by atoms with Gasteiger partial charge in [0.05, 0.1) is 6.26 Å². The van der Waals surface area contributed by atoms with Crippen LogP contribution in [-0.4, -0.2) is 30.5 Å². The number of furan rings is 1. The van der Waals surface area contributed by atoms with Gasteiger partial charge in [0, 0.05) is 18.8 Å². The Hall–Kier alpha value is -3.46. The normalized spacial score (nSPS) is 11.0. The monoisotopic (exact) mass is 369 g/mol. The number of hydrogen-bond acceptors (Lipinski definition) is 7. The molecule has 0 radical (unpaired) electrons. The summed E-state index contributed by atoms with van der Waals surface area (Å²) < 4.78 is 6.61. The lowest BCUT2D eigenvalue weighted by molar-refractivity contribution is 0.0946. The number of nitrogens with two attached hydrogens (primary N) is 1. The molecular weight excluding hydrogens is 358 g/mol. The fourth-order valence-electron chi connectivity index (χ4n) is 2.32. The summed E-state index contributed by atoms with van der Waals surface area (Å²) in [4.78, 5) is 24.7. The van der Waals surface area contributed by atoms with E-state index < -0.39 is 5.91 Å². The predicted octanol–water partition coefficient (Wildman–Crippen LogP) is 1.94. The molecule has 1 amide bonds. The molecule has 0 fully saturated rings. The molecule has 0 unspecified atom stereocenters. The zero-order valence-corrected chi connectivity index (χ0v) is 14.0. The van der Waals surface area contributed by atoms with Gasteiger partial charge in [0.15, 0.2) is 11.4 Å². The summed E-state index contributed by atoms with van der Waals surface area (Å²) >= 11 is 5.74. The molecule has 0 aliphatic heterocycles. The number of carbonyl (C=O) groups excluding carboxylic acids is 1. The summed E-state index contributed by atoms with van der Waals surface area (Å²) in [5, 5.41) is 7.36. The first-order valence-electron chi connectivity index (χ1n) is 7.56. The molecule has 4 aromatic rings. The number of pyridine rings is 1. The van der Waals surface area contributed by atoms with Crippen LogP contribution in [-0.2, 0) is 6.54 Å². The van der Waals surface area contributed by atoms with Gasteiger partial charge in [0.1, 0.15) is 10.8 Å². The van der Waals surface area contributed by atoms with Crippen molar-refractivity contribution >= 4 is 29.1 Å². The molecule has 10 heteroatoms. The average molecular weight is 370 g/mol. The zero-order chi connectivity index (χ0) is 18.1. The Labute approximate surface area is 151 Å². The van der Waals surface area contributed by atoms with Crippen LogP contribution < -0.4 is 11.1 Å². The van der Waals surface area contributed by atoms with Gasteiger partial charge in [-0.2, -0.15) is 4.52 Å². The molecule has 0 aliphatic carbocycles. The van der Waals surface area contributed by atoms with Crippen LogP contribution in [0.2, 0.25) is 5.15 Å². The van der Waals surface area contributed by atoms with E-state index in [1.165, 1.54) is 16.8 Å². The van der Waals surface area contributed by atoms with Crippen LogP contribution in [0.1, 0.15) is 16.1 Å². The topological polar surface area (TPSA) is 124 Å². The molecule has 4 rings (SSSR count). The van der Waals surface area contributed by atoms with Gasteiger partial charge < -0.3 is 15.5 Å². The number of anilines is 1. The highest BCUT2D eigenvalue weighted by atomic mass is 35.5. The summed E-state index contributed by atoms with van der Waals surface area (Å²) in [6.45, 7) is 0.278. The number of rotatable bonds is 4. The summed E-state index contributed by atoms with van der Waals surface area (Å²) in [6, 6.07) is 8.39. The Morgan fingerprint density at radius 1 is 1.31 bits per heavy atom. The van der Waals surface area contributed by atoms with E-state index in [2.05, 4.69) is 25.4 Å². The fourth-order valence-corrected chi connectivity index (χ4v) is 2.43. The Kier molecular flexibility index (Phi) is 3.98. The second-order valence-corrected chi connectivity index (χ2v) is 5.74. The molecule has 4 aromatic heterocycles. The van der Waals surface area contributed by atoms with Gasteiger partial charge in [0.2, 0.25) is 11.8 Å². The summed E-state index contributed by atoms with van der Waals surface area (Å²) in [5.74, 6) is 0.505. The molecule has 3 N–H and O–H groups in total. The predicted molar refractivity (Wildman–Crippen MR) is 93.3 cm³/mol. The Balaban J connectivity index is 1.57. The van der Waals surface area contributed by atoms with Crippen molar-refractivity contribution in [2.24, 2.45) is 0 Å². The van der Waals surface area contributed by atoms with Gasteiger partial charge >= 0.3 is 0 Å². The van der Waals surface area contributed by atoms with E-state index in [1.807, 2.05) is 0 Å². The van der Waals surface area contributed by atoms with E-state index in [9.17, 15) is 4.79 Å². The minimum atomic E-state index is -0.392. The van der Waals surface area contributed by atoms with Crippen molar-refractivity contribution in [1.29, 1.82) is 0 Å². The molecule has 4 heterocycles. The molecule has 26 heavy (non-hydrogen) atoms. The van der Waals surface area contributed by atoms with Crippen molar-refractivity contribution in [2.75, 3.05) is 5.73 Å². The SMILES string of the molecule is Nc1nc(C(=O)NCc2ccc(Cl)nc2)cc2nc(-c3ccco3)nn12. The molecule has 130 valence electrons. The lowest BCUT2D eigenvalue weighted by atomic mass is 10.3. The van der Waals surface area contributed by atoms with Gasteiger partial charge in [-0.25, -0.2) is 15.0 Å². The van der Waals surface area contributed by atoms with Crippen LogP contribution in [0, 0.1) is 0 Å². The van der Waals surface area contributed by atoms with Crippen molar-refractivity contribution in [3.8, 4) is 11.6 Å². The molecule has 0 aliphatic rings. The molecular formula is C16H12ClN7O2. The second-order valence-electron chi connectivity index (χ2n) is 5.35. The largest absolute Gasteiger partial charge is 0.461 e. The maximum atomic E-state index is 12.4. The number of nitrogen functional groups attached to an aromatic ring is 1. The first kappa shape index (κ1) is 16.0. The third-order valence-electron chi connectivity index (χ3n) is 3.57. The van der Waals surface area contributed by atoms with E-state index in [0.29, 0.717) is 22.4 Å². The van der Waals surface area contributed by atoms with E-state index in [4.69, 9.17) is 21.8 Å². The van der Waals surface area contributed by atoms with Crippen LogP contribution in [0.3, 0.4) is 0 Å². The lowest BCUT2D eigenvalue weighted by Crippen LogP contribution is -2.24. The van der Waals surface area contributed by atoms with E-state index >= 15 is 0 Å². The molecule has 0 aromatic carbocycles. The van der Waals surface area contributed by atoms with Crippen LogP contribution in [0.4, 0.5) is 5.95 Å². The van der Waals surface area contributed by atoms with E-state index in [-0.39, 0.29) is 18.2 Å². The molecule has 9 nitrogen and oxygen atoms in total. The summed E-state index contributed by atoms with van der Waals surface area (Å²) in [5.41, 5.74) is 7.23. The number of fused-ring (bicyclic) bond motifs is 1. The number of carbonyl (C=O) groups is 1. The maximum Gasteiger partial charge on any atom is 0.270 e. The Bertz CT molecular complexity index is 1070. The van der Waals surface area contributed by atoms with Gasteiger partial charge in [0.25, 0.3) is 5.91 Å². The Morgan fingerprint density at radius 3 is 2.92 bits per heavy atom. The van der Waals surface area contributed by atoms with Gasteiger partial charge in [-0.3, -0.25) is 4.79 Å². The highest BCUT2D eigenvalue weighted by Gasteiger charge is 2.15. The molecule has 0 saturated carbocycles. The van der Waals surface area contributed by atoms with E-state index in [0.717, 1.165) is 5.56 Å². The molecule has 0 spiro atoms. The molecule has 0 bridgehead atoms.